The van der Waals surface area contributed by atoms with E-state index in [1.807, 2.05) is 7.05 Å². The number of ether oxygens (including phenoxy) is 2. The van der Waals surface area contributed by atoms with Crippen LogP contribution < -0.4 is 10.6 Å². The number of guanidine groups is 1. The lowest BCUT2D eigenvalue weighted by Gasteiger charge is -2.33. The molecule has 1 atom stereocenters. The largest absolute Gasteiger partial charge is 0.385 e. The Balaban J connectivity index is 0.00000625. The Bertz CT molecular complexity index is 361. The highest BCUT2D eigenvalue weighted by Gasteiger charge is 2.20. The molecule has 1 unspecified atom stereocenters. The molecule has 0 bridgehead atoms. The lowest BCUT2D eigenvalue weighted by molar-refractivity contribution is 0.0258. The molecule has 1 fully saturated rings. The summed E-state index contributed by atoms with van der Waals surface area (Å²) >= 11 is 0. The Kier molecular flexibility index (Phi) is 15.8. The summed E-state index contributed by atoms with van der Waals surface area (Å²) in [5, 5.41) is 7.02. The van der Waals surface area contributed by atoms with Crippen molar-refractivity contribution in [1.29, 1.82) is 0 Å². The van der Waals surface area contributed by atoms with E-state index in [9.17, 15) is 0 Å². The van der Waals surface area contributed by atoms with Crippen molar-refractivity contribution < 1.29 is 9.47 Å². The van der Waals surface area contributed by atoms with Gasteiger partial charge in [0.15, 0.2) is 5.96 Å². The minimum atomic E-state index is 0. The number of piperidine rings is 1. The first-order chi connectivity index (χ1) is 12.1. The molecule has 0 spiro atoms. The molecule has 1 heterocycles. The van der Waals surface area contributed by atoms with Crippen molar-refractivity contribution in [3.05, 3.63) is 0 Å². The van der Waals surface area contributed by atoms with E-state index in [1.54, 1.807) is 7.11 Å². The molecule has 2 N–H and O–H groups in total. The van der Waals surface area contributed by atoms with Gasteiger partial charge < -0.3 is 25.0 Å². The normalized spacial score (nSPS) is 17.8. The van der Waals surface area contributed by atoms with Gasteiger partial charge in [0.25, 0.3) is 0 Å². The van der Waals surface area contributed by atoms with Gasteiger partial charge in [-0.05, 0) is 38.5 Å². The van der Waals surface area contributed by atoms with Crippen LogP contribution in [-0.2, 0) is 9.47 Å². The summed E-state index contributed by atoms with van der Waals surface area (Å²) in [7, 11) is 3.62. The van der Waals surface area contributed by atoms with Crippen molar-refractivity contribution in [2.45, 2.75) is 58.6 Å². The predicted octanol–water partition coefficient (Wildman–Crippen LogP) is 2.72. The van der Waals surface area contributed by atoms with E-state index in [0.717, 1.165) is 58.2 Å². The van der Waals surface area contributed by atoms with Gasteiger partial charge in [-0.15, -0.1) is 24.0 Å². The second-order valence-corrected chi connectivity index (χ2v) is 7.13. The minimum Gasteiger partial charge on any atom is -0.385 e. The maximum Gasteiger partial charge on any atom is 0.191 e. The van der Waals surface area contributed by atoms with Gasteiger partial charge in [0.2, 0.25) is 0 Å². The van der Waals surface area contributed by atoms with E-state index in [2.05, 4.69) is 41.3 Å². The van der Waals surface area contributed by atoms with Crippen molar-refractivity contribution in [3.8, 4) is 0 Å². The van der Waals surface area contributed by atoms with Crippen LogP contribution in [-0.4, -0.2) is 76.6 Å². The number of hydrogen-bond donors (Lipinski definition) is 2. The second kappa shape index (κ2) is 15.9. The average Bonchev–Trinajstić information content (AvgIpc) is 2.61. The summed E-state index contributed by atoms with van der Waals surface area (Å²) in [6, 6.07) is 0.512. The fourth-order valence-corrected chi connectivity index (χ4v) is 3.28. The lowest BCUT2D eigenvalue weighted by atomic mass is 10.0. The summed E-state index contributed by atoms with van der Waals surface area (Å²) in [6.07, 6.45) is 4.77. The molecule has 156 valence electrons. The maximum absolute atomic E-state index is 5.81. The van der Waals surface area contributed by atoms with Gasteiger partial charge in [0.05, 0.1) is 6.10 Å². The molecule has 0 aromatic rings. The van der Waals surface area contributed by atoms with Crippen molar-refractivity contribution in [1.82, 2.24) is 15.5 Å². The molecule has 0 aromatic carbocycles. The van der Waals surface area contributed by atoms with Crippen LogP contribution in [0.4, 0.5) is 0 Å². The zero-order valence-corrected chi connectivity index (χ0v) is 19.8. The molecule has 0 amide bonds. The van der Waals surface area contributed by atoms with Crippen LogP contribution in [0.25, 0.3) is 0 Å². The molecule has 1 aliphatic rings. The van der Waals surface area contributed by atoms with E-state index in [0.29, 0.717) is 18.1 Å². The van der Waals surface area contributed by atoms with Crippen molar-refractivity contribution in [2.24, 2.45) is 10.9 Å². The number of rotatable bonds is 11. The van der Waals surface area contributed by atoms with E-state index in [4.69, 9.17) is 9.47 Å². The summed E-state index contributed by atoms with van der Waals surface area (Å²) in [6.45, 7) is 12.5. The first-order valence-corrected chi connectivity index (χ1v) is 9.90. The Labute approximate surface area is 177 Å². The van der Waals surface area contributed by atoms with Crippen LogP contribution in [0, 0.1) is 5.92 Å². The van der Waals surface area contributed by atoms with Crippen LogP contribution in [0.2, 0.25) is 0 Å². The third kappa shape index (κ3) is 10.9. The molecule has 7 heteroatoms. The van der Waals surface area contributed by atoms with Crippen molar-refractivity contribution in [3.63, 3.8) is 0 Å². The summed E-state index contributed by atoms with van der Waals surface area (Å²) in [5.74, 6) is 1.45. The van der Waals surface area contributed by atoms with Crippen LogP contribution in [0.5, 0.6) is 0 Å². The summed E-state index contributed by atoms with van der Waals surface area (Å²) in [4.78, 5) is 6.90. The fourth-order valence-electron chi connectivity index (χ4n) is 3.28. The van der Waals surface area contributed by atoms with Gasteiger partial charge in [-0.25, -0.2) is 0 Å². The van der Waals surface area contributed by atoms with Crippen LogP contribution in [0.3, 0.4) is 0 Å². The van der Waals surface area contributed by atoms with Gasteiger partial charge in [0, 0.05) is 59.6 Å². The molecule has 1 rings (SSSR count). The smallest absolute Gasteiger partial charge is 0.191 e. The summed E-state index contributed by atoms with van der Waals surface area (Å²) < 4.78 is 10.9. The highest BCUT2D eigenvalue weighted by Crippen LogP contribution is 2.11. The fraction of sp³-hybridized carbons (Fsp3) is 0.947. The Hall–Kier alpha value is -0.120. The number of hydrogen-bond acceptors (Lipinski definition) is 4. The van der Waals surface area contributed by atoms with Crippen molar-refractivity contribution in [2.75, 3.05) is 53.6 Å². The summed E-state index contributed by atoms with van der Waals surface area (Å²) in [5.41, 5.74) is 0. The molecule has 1 aliphatic heterocycles. The van der Waals surface area contributed by atoms with E-state index in [1.165, 1.54) is 12.8 Å². The number of nitrogens with zero attached hydrogens (tertiary/aromatic N) is 2. The van der Waals surface area contributed by atoms with Crippen molar-refractivity contribution >= 4 is 29.9 Å². The van der Waals surface area contributed by atoms with Gasteiger partial charge in [-0.2, -0.15) is 0 Å². The molecule has 1 saturated heterocycles. The number of halogens is 1. The first-order valence-electron chi connectivity index (χ1n) is 9.90. The standard InChI is InChI=1S/C19H40N4O2.HI/c1-6-25-18(16(2)3)8-11-21-19(20-4)22-17-9-13-23(14-10-17)12-7-15-24-5;/h16-18H,6-15H2,1-5H3,(H2,20,21,22);1H. The lowest BCUT2D eigenvalue weighted by Crippen LogP contribution is -2.49. The quantitative estimate of drug-likeness (QED) is 0.205. The molecule has 6 nitrogen and oxygen atoms in total. The van der Waals surface area contributed by atoms with Gasteiger partial charge >= 0.3 is 0 Å². The Morgan fingerprint density at radius 3 is 2.50 bits per heavy atom. The number of methoxy groups -OCH3 is 1. The maximum atomic E-state index is 5.81. The first kappa shape index (κ1) is 25.9. The van der Waals surface area contributed by atoms with Crippen LogP contribution >= 0.6 is 24.0 Å². The van der Waals surface area contributed by atoms with Gasteiger partial charge in [-0.1, -0.05) is 13.8 Å². The number of aliphatic imine (C=N–C) groups is 1. The minimum absolute atomic E-state index is 0. The number of likely N-dealkylation sites (tertiary alicyclic amines) is 1. The highest BCUT2D eigenvalue weighted by atomic mass is 127. The van der Waals surface area contributed by atoms with E-state index < -0.39 is 0 Å². The van der Waals surface area contributed by atoms with Crippen LogP contribution in [0.15, 0.2) is 4.99 Å². The Morgan fingerprint density at radius 1 is 1.27 bits per heavy atom. The predicted molar refractivity (Wildman–Crippen MR) is 121 cm³/mol. The molecule has 0 aliphatic carbocycles. The second-order valence-electron chi connectivity index (χ2n) is 7.13. The van der Waals surface area contributed by atoms with E-state index in [-0.39, 0.29) is 24.0 Å². The third-order valence-electron chi connectivity index (χ3n) is 4.82. The third-order valence-corrected chi connectivity index (χ3v) is 4.82. The Morgan fingerprint density at radius 2 is 1.96 bits per heavy atom. The topological polar surface area (TPSA) is 58.1 Å². The zero-order chi connectivity index (χ0) is 18.5. The SMILES string of the molecule is CCOC(CCNC(=NC)NC1CCN(CCCOC)CC1)C(C)C.I. The highest BCUT2D eigenvalue weighted by molar-refractivity contribution is 14.0. The monoisotopic (exact) mass is 484 g/mol. The molecule has 26 heavy (non-hydrogen) atoms. The molecular formula is C19H41IN4O2. The van der Waals surface area contributed by atoms with E-state index >= 15 is 0 Å². The zero-order valence-electron chi connectivity index (χ0n) is 17.4. The van der Waals surface area contributed by atoms with Crippen LogP contribution in [0.1, 0.15) is 46.5 Å². The van der Waals surface area contributed by atoms with Gasteiger partial charge in [-0.3, -0.25) is 4.99 Å². The molecule has 0 saturated carbocycles. The molecule has 0 aromatic heterocycles. The average molecular weight is 484 g/mol. The number of nitrogens with one attached hydrogen (secondary N) is 2. The molecule has 0 radical (unpaired) electrons. The van der Waals surface area contributed by atoms with Gasteiger partial charge in [0.1, 0.15) is 0 Å². The molecular weight excluding hydrogens is 443 g/mol.